The molecule has 0 unspecified atom stereocenters. The summed E-state index contributed by atoms with van der Waals surface area (Å²) in [6.07, 6.45) is 5.11. The number of H-pyrrole nitrogens is 1. The second-order valence-electron chi connectivity index (χ2n) is 3.21. The minimum absolute atomic E-state index is 0.381. The number of imidazole rings is 1. The second kappa shape index (κ2) is 3.27. The van der Waals surface area contributed by atoms with Crippen molar-refractivity contribution in [2.45, 2.75) is 0 Å². The molecule has 0 saturated carbocycles. The van der Waals surface area contributed by atoms with E-state index >= 15 is 0 Å². The van der Waals surface area contributed by atoms with Crippen molar-refractivity contribution in [2.24, 2.45) is 0 Å². The number of rotatable bonds is 1. The summed E-state index contributed by atoms with van der Waals surface area (Å²) in [7, 11) is 0. The molecular weight excluding hydrogens is 206 g/mol. The molecule has 0 bridgehead atoms. The summed E-state index contributed by atoms with van der Waals surface area (Å²) in [6, 6.07) is 5.06. The molecule has 0 amide bonds. The lowest BCUT2D eigenvalue weighted by atomic mass is 10.4. The standard InChI is InChI=1S/C10H7N5O/c16-10-13-8-7(11-6-12-8)9(14-10)15-4-2-1-3-5-15/h1-6H,(H-,11,12,13,14,16). The average Bonchev–Trinajstić information content (AvgIpc) is 2.77. The molecule has 3 rings (SSSR count). The van der Waals surface area contributed by atoms with E-state index < -0.39 is 6.01 Å². The summed E-state index contributed by atoms with van der Waals surface area (Å²) in [5.41, 5.74) is 1.03. The highest BCUT2D eigenvalue weighted by Gasteiger charge is 2.15. The lowest BCUT2D eigenvalue weighted by molar-refractivity contribution is -0.598. The number of aromatic amines is 1. The quantitative estimate of drug-likeness (QED) is 0.563. The van der Waals surface area contributed by atoms with E-state index in [1.54, 1.807) is 4.57 Å². The fourth-order valence-corrected chi connectivity index (χ4v) is 1.53. The second-order valence-corrected chi connectivity index (χ2v) is 3.21. The molecule has 6 nitrogen and oxygen atoms in total. The first kappa shape index (κ1) is 8.78. The number of aromatic nitrogens is 5. The third-order valence-electron chi connectivity index (χ3n) is 2.21. The lowest BCUT2D eigenvalue weighted by Crippen LogP contribution is -2.31. The highest BCUT2D eigenvalue weighted by Crippen LogP contribution is 2.12. The maximum Gasteiger partial charge on any atom is 0.356 e. The van der Waals surface area contributed by atoms with Gasteiger partial charge in [-0.2, -0.15) is 4.98 Å². The molecule has 0 atom stereocenters. The van der Waals surface area contributed by atoms with Gasteiger partial charge in [-0.25, -0.2) is 9.55 Å². The molecule has 0 aliphatic carbocycles. The van der Waals surface area contributed by atoms with Crippen molar-refractivity contribution < 1.29 is 9.67 Å². The van der Waals surface area contributed by atoms with Gasteiger partial charge in [0.2, 0.25) is 6.01 Å². The van der Waals surface area contributed by atoms with Crippen LogP contribution in [0, 0.1) is 0 Å². The van der Waals surface area contributed by atoms with E-state index in [1.165, 1.54) is 6.33 Å². The number of nitrogens with zero attached hydrogens (tertiary/aromatic N) is 4. The Balaban J connectivity index is 2.34. The number of fused-ring (bicyclic) bond motifs is 1. The molecule has 0 spiro atoms. The normalized spacial score (nSPS) is 10.8. The van der Waals surface area contributed by atoms with E-state index in [0.717, 1.165) is 0 Å². The first-order valence-electron chi connectivity index (χ1n) is 4.69. The zero-order chi connectivity index (χ0) is 11.0. The van der Waals surface area contributed by atoms with Crippen LogP contribution < -0.4 is 9.67 Å². The number of hydrogen-bond acceptors (Lipinski definition) is 4. The van der Waals surface area contributed by atoms with Crippen LogP contribution in [0.5, 0.6) is 6.01 Å². The van der Waals surface area contributed by atoms with Gasteiger partial charge in [-0.1, -0.05) is 6.07 Å². The molecule has 78 valence electrons. The van der Waals surface area contributed by atoms with Crippen LogP contribution in [-0.2, 0) is 0 Å². The van der Waals surface area contributed by atoms with Crippen LogP contribution in [0.1, 0.15) is 0 Å². The molecule has 0 aliphatic heterocycles. The largest absolute Gasteiger partial charge is 0.824 e. The molecule has 0 aromatic carbocycles. The molecule has 0 fully saturated rings. The molecule has 0 aliphatic rings. The number of nitrogens with one attached hydrogen (secondary N) is 1. The fraction of sp³-hybridized carbons (Fsp3) is 0. The highest BCUT2D eigenvalue weighted by molar-refractivity contribution is 5.75. The van der Waals surface area contributed by atoms with Crippen LogP contribution >= 0.6 is 0 Å². The smallest absolute Gasteiger partial charge is 0.356 e. The van der Waals surface area contributed by atoms with Crippen molar-refractivity contribution in [2.75, 3.05) is 0 Å². The summed E-state index contributed by atoms with van der Waals surface area (Å²) >= 11 is 0. The molecule has 1 N–H and O–H groups in total. The van der Waals surface area contributed by atoms with E-state index in [9.17, 15) is 5.11 Å². The molecule has 16 heavy (non-hydrogen) atoms. The van der Waals surface area contributed by atoms with Gasteiger partial charge < -0.3 is 10.1 Å². The Labute approximate surface area is 90.3 Å². The van der Waals surface area contributed by atoms with Gasteiger partial charge in [0.15, 0.2) is 11.2 Å². The Morgan fingerprint density at radius 3 is 2.75 bits per heavy atom. The molecule has 6 heteroatoms. The van der Waals surface area contributed by atoms with Crippen LogP contribution in [-0.4, -0.2) is 19.9 Å². The average molecular weight is 213 g/mol. The summed E-state index contributed by atoms with van der Waals surface area (Å²) in [4.78, 5) is 14.4. The summed E-state index contributed by atoms with van der Waals surface area (Å²) in [5.74, 6) is 0.508. The Bertz CT molecular complexity index is 634. The molecule has 3 aromatic rings. The van der Waals surface area contributed by atoms with Gasteiger partial charge in [0.05, 0.1) is 18.7 Å². The SMILES string of the molecule is [O-]c1nc(-[n+]2ccccc2)c2[nH]cnc2n1. The van der Waals surface area contributed by atoms with Crippen molar-refractivity contribution in [1.29, 1.82) is 0 Å². The zero-order valence-electron chi connectivity index (χ0n) is 8.16. The lowest BCUT2D eigenvalue weighted by Gasteiger charge is -1.99. The van der Waals surface area contributed by atoms with Gasteiger partial charge in [0.25, 0.3) is 0 Å². The van der Waals surface area contributed by atoms with Gasteiger partial charge in [0.1, 0.15) is 0 Å². The van der Waals surface area contributed by atoms with Crippen LogP contribution in [0.15, 0.2) is 36.9 Å². The van der Waals surface area contributed by atoms with Gasteiger partial charge in [-0.3, -0.25) is 0 Å². The summed E-state index contributed by atoms with van der Waals surface area (Å²) in [5, 5.41) is 11.3. The monoisotopic (exact) mass is 213 g/mol. The Hall–Kier alpha value is -2.50. The minimum Gasteiger partial charge on any atom is -0.824 e. The highest BCUT2D eigenvalue weighted by atomic mass is 16.3. The van der Waals surface area contributed by atoms with Crippen molar-refractivity contribution in [1.82, 2.24) is 19.9 Å². The van der Waals surface area contributed by atoms with E-state index in [2.05, 4.69) is 19.9 Å². The van der Waals surface area contributed by atoms with Crippen LogP contribution in [0.3, 0.4) is 0 Å². The fourth-order valence-electron chi connectivity index (χ4n) is 1.53. The Morgan fingerprint density at radius 2 is 1.94 bits per heavy atom. The first-order chi connectivity index (χ1) is 7.84. The predicted molar refractivity (Wildman–Crippen MR) is 52.7 cm³/mol. The van der Waals surface area contributed by atoms with E-state index in [0.29, 0.717) is 17.0 Å². The van der Waals surface area contributed by atoms with Crippen LogP contribution in [0.2, 0.25) is 0 Å². The van der Waals surface area contributed by atoms with Crippen LogP contribution in [0.4, 0.5) is 0 Å². The van der Waals surface area contributed by atoms with E-state index in [4.69, 9.17) is 0 Å². The van der Waals surface area contributed by atoms with Crippen molar-refractivity contribution in [3.63, 3.8) is 0 Å². The third kappa shape index (κ3) is 1.28. The number of pyridine rings is 1. The van der Waals surface area contributed by atoms with Gasteiger partial charge in [-0.05, 0) is 17.1 Å². The molecule has 3 aromatic heterocycles. The Morgan fingerprint density at radius 1 is 1.12 bits per heavy atom. The van der Waals surface area contributed by atoms with Crippen molar-refractivity contribution >= 4 is 11.2 Å². The topological polar surface area (TPSA) is 81.4 Å². The van der Waals surface area contributed by atoms with Gasteiger partial charge >= 0.3 is 5.82 Å². The molecular formula is C10H7N5O. The Kier molecular flexibility index (Phi) is 1.79. The molecule has 3 heterocycles. The predicted octanol–water partition coefficient (Wildman–Crippen LogP) is -0.297. The van der Waals surface area contributed by atoms with Gasteiger partial charge in [0, 0.05) is 0 Å². The van der Waals surface area contributed by atoms with Gasteiger partial charge in [-0.15, -0.1) is 0 Å². The minimum atomic E-state index is -0.536. The molecule has 0 saturated heterocycles. The van der Waals surface area contributed by atoms with Crippen molar-refractivity contribution in [3.05, 3.63) is 36.9 Å². The summed E-state index contributed by atoms with van der Waals surface area (Å²) in [6.45, 7) is 0. The van der Waals surface area contributed by atoms with Crippen LogP contribution in [0.25, 0.3) is 17.0 Å². The third-order valence-corrected chi connectivity index (χ3v) is 2.21. The van der Waals surface area contributed by atoms with E-state index in [1.807, 2.05) is 30.6 Å². The maximum atomic E-state index is 11.3. The zero-order valence-corrected chi connectivity index (χ0v) is 8.16. The summed E-state index contributed by atoms with van der Waals surface area (Å²) < 4.78 is 1.74. The van der Waals surface area contributed by atoms with E-state index in [-0.39, 0.29) is 0 Å². The molecule has 0 radical (unpaired) electrons. The van der Waals surface area contributed by atoms with Crippen molar-refractivity contribution in [3.8, 4) is 11.8 Å². The maximum absolute atomic E-state index is 11.3. The first-order valence-corrected chi connectivity index (χ1v) is 4.69. The number of hydrogen-bond donors (Lipinski definition) is 1.